The molecule has 0 aliphatic rings. The van der Waals surface area contributed by atoms with Crippen molar-refractivity contribution in [2.75, 3.05) is 5.32 Å². The monoisotopic (exact) mass is 389 g/mol. The van der Waals surface area contributed by atoms with Crippen molar-refractivity contribution in [2.45, 2.75) is 13.5 Å². The topological polar surface area (TPSA) is 72.9 Å². The number of pyridine rings is 1. The Hall–Kier alpha value is -3.45. The van der Waals surface area contributed by atoms with Gasteiger partial charge in [-0.05, 0) is 30.7 Å². The summed E-state index contributed by atoms with van der Waals surface area (Å²) in [5.74, 6) is 1.59. The zero-order chi connectivity index (χ0) is 19.1. The Labute approximate surface area is 165 Å². The number of hydrogen-bond donors (Lipinski definition) is 1. The van der Waals surface area contributed by atoms with Crippen LogP contribution in [0.5, 0.6) is 0 Å². The molecule has 0 radical (unpaired) electrons. The molecular weight excluding hydrogens is 374 g/mol. The molecule has 138 valence electrons. The molecule has 8 heteroatoms. The summed E-state index contributed by atoms with van der Waals surface area (Å²) in [6.07, 6.45) is 7.16. The number of aromatic nitrogens is 6. The van der Waals surface area contributed by atoms with E-state index in [0.717, 1.165) is 33.8 Å². The molecule has 0 bridgehead atoms. The Morgan fingerprint density at radius 2 is 2.04 bits per heavy atom. The summed E-state index contributed by atoms with van der Waals surface area (Å²) >= 11 is 6.41. The molecule has 0 unspecified atom stereocenters. The molecule has 0 fully saturated rings. The van der Waals surface area contributed by atoms with Crippen LogP contribution in [0.2, 0.25) is 5.02 Å². The largest absolute Gasteiger partial charge is 0.365 e. The molecular formula is C20H16ClN7. The molecule has 5 rings (SSSR count). The first-order chi connectivity index (χ1) is 13.7. The van der Waals surface area contributed by atoms with Crippen LogP contribution >= 0.6 is 11.6 Å². The van der Waals surface area contributed by atoms with Gasteiger partial charge < -0.3 is 5.32 Å². The number of nitrogens with zero attached hydrogens (tertiary/aromatic N) is 6. The first kappa shape index (κ1) is 16.7. The van der Waals surface area contributed by atoms with Crippen LogP contribution in [0.15, 0.2) is 61.3 Å². The third-order valence-corrected chi connectivity index (χ3v) is 5.05. The van der Waals surface area contributed by atoms with Crippen molar-refractivity contribution < 1.29 is 0 Å². The van der Waals surface area contributed by atoms with Gasteiger partial charge in [0.05, 0.1) is 11.2 Å². The van der Waals surface area contributed by atoms with Gasteiger partial charge in [-0.25, -0.2) is 19.5 Å². The van der Waals surface area contributed by atoms with Gasteiger partial charge in [0.2, 0.25) is 0 Å². The maximum absolute atomic E-state index is 6.41. The second-order valence-corrected chi connectivity index (χ2v) is 6.84. The molecule has 0 spiro atoms. The van der Waals surface area contributed by atoms with Gasteiger partial charge in [0.15, 0.2) is 5.65 Å². The van der Waals surface area contributed by atoms with Gasteiger partial charge in [-0.3, -0.25) is 4.57 Å². The van der Waals surface area contributed by atoms with E-state index < -0.39 is 0 Å². The predicted molar refractivity (Wildman–Crippen MR) is 109 cm³/mol. The molecule has 7 nitrogen and oxygen atoms in total. The van der Waals surface area contributed by atoms with E-state index in [1.807, 2.05) is 60.3 Å². The van der Waals surface area contributed by atoms with Crippen molar-refractivity contribution in [1.82, 2.24) is 29.1 Å². The van der Waals surface area contributed by atoms with Gasteiger partial charge in [0.25, 0.3) is 0 Å². The fourth-order valence-electron chi connectivity index (χ4n) is 3.17. The number of imidazole rings is 1. The molecule has 0 amide bonds. The average molecular weight is 390 g/mol. The number of benzene rings is 1. The summed E-state index contributed by atoms with van der Waals surface area (Å²) in [6.45, 7) is 2.47. The van der Waals surface area contributed by atoms with Gasteiger partial charge in [0.1, 0.15) is 23.0 Å². The highest BCUT2D eigenvalue weighted by Crippen LogP contribution is 2.28. The number of nitrogens with one attached hydrogen (secondary N) is 1. The standard InChI is InChI=1S/C20H16ClN7/c1-13-18(21)20-25-19(15-4-2-3-5-16(15)28(20)26-13)24-11-14-6-7-17(23-10-14)27-9-8-22-12-27/h2-10,12H,11H2,1H3,(H,24,25). The highest BCUT2D eigenvalue weighted by atomic mass is 35.5. The van der Waals surface area contributed by atoms with E-state index in [1.165, 1.54) is 0 Å². The first-order valence-electron chi connectivity index (χ1n) is 8.81. The lowest BCUT2D eigenvalue weighted by atomic mass is 10.2. The molecule has 1 N–H and O–H groups in total. The fraction of sp³-hybridized carbons (Fsp3) is 0.100. The highest BCUT2D eigenvalue weighted by Gasteiger charge is 2.14. The van der Waals surface area contributed by atoms with Crippen molar-refractivity contribution in [1.29, 1.82) is 0 Å². The minimum Gasteiger partial charge on any atom is -0.365 e. The van der Waals surface area contributed by atoms with Crippen LogP contribution in [0.1, 0.15) is 11.3 Å². The molecule has 4 heterocycles. The SMILES string of the molecule is Cc1nn2c(nc(NCc3ccc(-n4ccnc4)nc3)c3ccccc32)c1Cl. The normalized spacial score (nSPS) is 11.4. The maximum atomic E-state index is 6.41. The number of rotatable bonds is 4. The lowest BCUT2D eigenvalue weighted by molar-refractivity contribution is 0.952. The summed E-state index contributed by atoms with van der Waals surface area (Å²) in [5, 5.41) is 9.48. The molecule has 0 saturated carbocycles. The van der Waals surface area contributed by atoms with Gasteiger partial charge in [0, 0.05) is 30.5 Å². The molecule has 4 aromatic heterocycles. The Kier molecular flexibility index (Phi) is 3.95. The van der Waals surface area contributed by atoms with Crippen molar-refractivity contribution in [3.63, 3.8) is 0 Å². The Balaban J connectivity index is 1.48. The molecule has 28 heavy (non-hydrogen) atoms. The van der Waals surface area contributed by atoms with E-state index in [4.69, 9.17) is 16.6 Å². The smallest absolute Gasteiger partial charge is 0.176 e. The molecule has 0 aliphatic heterocycles. The molecule has 0 atom stereocenters. The number of para-hydroxylation sites is 1. The van der Waals surface area contributed by atoms with E-state index in [1.54, 1.807) is 17.0 Å². The van der Waals surface area contributed by atoms with E-state index >= 15 is 0 Å². The summed E-state index contributed by atoms with van der Waals surface area (Å²) in [4.78, 5) is 13.3. The summed E-state index contributed by atoms with van der Waals surface area (Å²) in [6, 6.07) is 12.0. The lowest BCUT2D eigenvalue weighted by Crippen LogP contribution is -2.05. The average Bonchev–Trinajstić information content (AvgIpc) is 3.36. The van der Waals surface area contributed by atoms with Crippen molar-refractivity contribution >= 4 is 34.0 Å². The molecule has 5 aromatic rings. The molecule has 0 aliphatic carbocycles. The van der Waals surface area contributed by atoms with Gasteiger partial charge in [-0.2, -0.15) is 5.10 Å². The molecule has 1 aromatic carbocycles. The maximum Gasteiger partial charge on any atom is 0.176 e. The quantitative estimate of drug-likeness (QED) is 0.502. The van der Waals surface area contributed by atoms with Crippen LogP contribution in [0.4, 0.5) is 5.82 Å². The third kappa shape index (κ3) is 2.76. The van der Waals surface area contributed by atoms with Gasteiger partial charge >= 0.3 is 0 Å². The summed E-state index contributed by atoms with van der Waals surface area (Å²) in [5.41, 5.74) is 3.41. The highest BCUT2D eigenvalue weighted by molar-refractivity contribution is 6.34. The van der Waals surface area contributed by atoms with E-state index in [0.29, 0.717) is 17.2 Å². The zero-order valence-corrected chi connectivity index (χ0v) is 15.8. The number of aryl methyl sites for hydroxylation is 1. The minimum absolute atomic E-state index is 0.570. The van der Waals surface area contributed by atoms with Crippen LogP contribution < -0.4 is 5.32 Å². The second-order valence-electron chi connectivity index (χ2n) is 6.46. The van der Waals surface area contributed by atoms with E-state index in [2.05, 4.69) is 20.4 Å². The van der Waals surface area contributed by atoms with Crippen LogP contribution in [-0.4, -0.2) is 29.1 Å². The Morgan fingerprint density at radius 3 is 2.82 bits per heavy atom. The third-order valence-electron chi connectivity index (χ3n) is 4.61. The minimum atomic E-state index is 0.570. The van der Waals surface area contributed by atoms with Crippen LogP contribution in [0.25, 0.3) is 22.4 Å². The van der Waals surface area contributed by atoms with Crippen LogP contribution in [0.3, 0.4) is 0 Å². The number of hydrogen-bond acceptors (Lipinski definition) is 5. The lowest BCUT2D eigenvalue weighted by Gasteiger charge is -2.11. The van der Waals surface area contributed by atoms with Gasteiger partial charge in [-0.1, -0.05) is 29.8 Å². The Morgan fingerprint density at radius 1 is 1.14 bits per heavy atom. The van der Waals surface area contributed by atoms with Crippen LogP contribution in [-0.2, 0) is 6.54 Å². The summed E-state index contributed by atoms with van der Waals surface area (Å²) < 4.78 is 3.66. The van der Waals surface area contributed by atoms with Crippen molar-refractivity contribution in [3.05, 3.63) is 77.6 Å². The zero-order valence-electron chi connectivity index (χ0n) is 15.0. The van der Waals surface area contributed by atoms with E-state index in [-0.39, 0.29) is 0 Å². The van der Waals surface area contributed by atoms with E-state index in [9.17, 15) is 0 Å². The predicted octanol–water partition coefficient (Wildman–Crippen LogP) is 4.04. The fourth-order valence-corrected chi connectivity index (χ4v) is 3.33. The van der Waals surface area contributed by atoms with Crippen molar-refractivity contribution in [3.8, 4) is 5.82 Å². The molecule has 0 saturated heterocycles. The number of halogens is 1. The van der Waals surface area contributed by atoms with Crippen LogP contribution in [0, 0.1) is 6.92 Å². The Bertz CT molecular complexity index is 1270. The van der Waals surface area contributed by atoms with Gasteiger partial charge in [-0.15, -0.1) is 0 Å². The van der Waals surface area contributed by atoms with Crippen molar-refractivity contribution in [2.24, 2.45) is 0 Å². The second kappa shape index (κ2) is 6.61. The summed E-state index contributed by atoms with van der Waals surface area (Å²) in [7, 11) is 0. The number of fused-ring (bicyclic) bond motifs is 3. The number of anilines is 1. The first-order valence-corrected chi connectivity index (χ1v) is 9.19.